The molecule has 0 radical (unpaired) electrons. The molecule has 1 aromatic carbocycles. The maximum atomic E-state index is 12.5. The molecule has 146 valence electrons. The van der Waals surface area contributed by atoms with Gasteiger partial charge in [-0.05, 0) is 42.0 Å². The van der Waals surface area contributed by atoms with Gasteiger partial charge >= 0.3 is 0 Å². The Labute approximate surface area is 168 Å². The summed E-state index contributed by atoms with van der Waals surface area (Å²) < 4.78 is 12.7. The van der Waals surface area contributed by atoms with Crippen LogP contribution in [0.5, 0.6) is 11.5 Å². The Morgan fingerprint density at radius 1 is 1.10 bits per heavy atom. The summed E-state index contributed by atoms with van der Waals surface area (Å²) in [6, 6.07) is 12.9. The number of rotatable bonds is 6. The minimum Gasteiger partial charge on any atom is -0.497 e. The van der Waals surface area contributed by atoms with Crippen molar-refractivity contribution in [1.82, 2.24) is 19.7 Å². The van der Waals surface area contributed by atoms with E-state index in [4.69, 9.17) is 9.47 Å². The fraction of sp³-hybridized carbons (Fsp3) is 0.136. The highest BCUT2D eigenvalue weighted by atomic mass is 16.5. The molecule has 1 amide bonds. The molecule has 4 rings (SSSR count). The summed E-state index contributed by atoms with van der Waals surface area (Å²) in [5, 5.41) is 2.90. The van der Waals surface area contributed by atoms with Crippen molar-refractivity contribution in [3.8, 4) is 22.8 Å². The highest BCUT2D eigenvalue weighted by Crippen LogP contribution is 2.33. The number of imidazole rings is 1. The lowest BCUT2D eigenvalue weighted by Gasteiger charge is -2.11. The molecule has 7 heteroatoms. The molecule has 0 bridgehead atoms. The first kappa shape index (κ1) is 18.5. The summed E-state index contributed by atoms with van der Waals surface area (Å²) in [7, 11) is 3.25. The first-order valence-electron chi connectivity index (χ1n) is 9.06. The molecule has 0 aliphatic heterocycles. The van der Waals surface area contributed by atoms with Crippen LogP contribution in [0, 0.1) is 0 Å². The third-order valence-electron chi connectivity index (χ3n) is 4.63. The topological polar surface area (TPSA) is 77.8 Å². The van der Waals surface area contributed by atoms with E-state index in [0.29, 0.717) is 23.5 Å². The number of methoxy groups -OCH3 is 2. The van der Waals surface area contributed by atoms with Crippen molar-refractivity contribution in [1.29, 1.82) is 0 Å². The van der Waals surface area contributed by atoms with Crippen molar-refractivity contribution >= 4 is 11.6 Å². The summed E-state index contributed by atoms with van der Waals surface area (Å²) in [5.74, 6) is 1.27. The Hall–Kier alpha value is -3.87. The van der Waals surface area contributed by atoms with Crippen LogP contribution >= 0.6 is 0 Å². The largest absolute Gasteiger partial charge is 0.497 e. The third kappa shape index (κ3) is 3.75. The van der Waals surface area contributed by atoms with Crippen LogP contribution in [-0.4, -0.2) is 34.5 Å². The van der Waals surface area contributed by atoms with Gasteiger partial charge in [0.15, 0.2) is 0 Å². The van der Waals surface area contributed by atoms with Crippen LogP contribution in [0.15, 0.2) is 67.3 Å². The van der Waals surface area contributed by atoms with Crippen molar-refractivity contribution in [2.45, 2.75) is 6.54 Å². The highest BCUT2D eigenvalue weighted by molar-refractivity contribution is 5.95. The molecule has 0 spiro atoms. The van der Waals surface area contributed by atoms with Crippen LogP contribution in [0.25, 0.3) is 16.9 Å². The number of hydrogen-bond donors (Lipinski definition) is 1. The molecule has 3 aromatic heterocycles. The van der Waals surface area contributed by atoms with Crippen molar-refractivity contribution in [2.24, 2.45) is 0 Å². The second-order valence-corrected chi connectivity index (χ2v) is 6.40. The van der Waals surface area contributed by atoms with Gasteiger partial charge in [-0.25, -0.2) is 4.98 Å². The zero-order valence-corrected chi connectivity index (χ0v) is 16.1. The minimum absolute atomic E-state index is 0.167. The summed E-state index contributed by atoms with van der Waals surface area (Å²) in [6.45, 7) is 0.415. The number of fused-ring (bicyclic) bond motifs is 1. The highest BCUT2D eigenvalue weighted by Gasteiger charge is 2.14. The van der Waals surface area contributed by atoms with E-state index >= 15 is 0 Å². The average molecular weight is 388 g/mol. The third-order valence-corrected chi connectivity index (χ3v) is 4.63. The summed E-state index contributed by atoms with van der Waals surface area (Å²) in [5.41, 5.74) is 3.84. The van der Waals surface area contributed by atoms with Gasteiger partial charge in [0.05, 0.1) is 26.1 Å². The molecule has 0 unspecified atom stereocenters. The molecule has 0 aliphatic carbocycles. The number of aromatic nitrogens is 3. The van der Waals surface area contributed by atoms with Crippen LogP contribution in [-0.2, 0) is 6.54 Å². The predicted octanol–water partition coefficient (Wildman–Crippen LogP) is 3.34. The first-order chi connectivity index (χ1) is 14.2. The Bertz CT molecular complexity index is 1160. The van der Waals surface area contributed by atoms with E-state index in [1.54, 1.807) is 44.9 Å². The van der Waals surface area contributed by atoms with Gasteiger partial charge in [-0.1, -0.05) is 6.07 Å². The molecule has 29 heavy (non-hydrogen) atoms. The standard InChI is InChI=1S/C22H20N4O3/c1-28-17-5-6-20(29-2)18(11-17)19-14-24-21-10-16(7-9-26(19)21)22(27)25-13-15-4-3-8-23-12-15/h3-12,14H,13H2,1-2H3,(H,25,27). The molecule has 1 N–H and O–H groups in total. The second kappa shape index (κ2) is 8.02. The van der Waals surface area contributed by atoms with Crippen molar-refractivity contribution < 1.29 is 14.3 Å². The molecule has 4 aromatic rings. The lowest BCUT2D eigenvalue weighted by Crippen LogP contribution is -2.22. The maximum Gasteiger partial charge on any atom is 0.251 e. The summed E-state index contributed by atoms with van der Waals surface area (Å²) in [6.07, 6.45) is 7.01. The normalized spacial score (nSPS) is 10.7. The van der Waals surface area contributed by atoms with Gasteiger partial charge in [-0.15, -0.1) is 0 Å². The monoisotopic (exact) mass is 388 g/mol. The molecule has 0 fully saturated rings. The number of pyridine rings is 2. The van der Waals surface area contributed by atoms with E-state index < -0.39 is 0 Å². The smallest absolute Gasteiger partial charge is 0.251 e. The van der Waals surface area contributed by atoms with E-state index in [1.807, 2.05) is 40.9 Å². The number of benzene rings is 1. The molecule has 0 aliphatic rings. The van der Waals surface area contributed by atoms with Crippen LogP contribution in [0.2, 0.25) is 0 Å². The molecule has 7 nitrogen and oxygen atoms in total. The van der Waals surface area contributed by atoms with Gasteiger partial charge in [0.1, 0.15) is 17.1 Å². The molecule has 0 atom stereocenters. The van der Waals surface area contributed by atoms with E-state index in [9.17, 15) is 4.79 Å². The van der Waals surface area contributed by atoms with Gasteiger partial charge in [0, 0.05) is 36.3 Å². The molecule has 0 saturated heterocycles. The lowest BCUT2D eigenvalue weighted by atomic mass is 10.1. The van der Waals surface area contributed by atoms with Crippen LogP contribution in [0.3, 0.4) is 0 Å². The van der Waals surface area contributed by atoms with E-state index in [0.717, 1.165) is 22.6 Å². The van der Waals surface area contributed by atoms with E-state index in [-0.39, 0.29) is 5.91 Å². The summed E-state index contributed by atoms with van der Waals surface area (Å²) in [4.78, 5) is 21.0. The van der Waals surface area contributed by atoms with Crippen molar-refractivity contribution in [3.63, 3.8) is 0 Å². The molecular weight excluding hydrogens is 368 g/mol. The quantitative estimate of drug-likeness (QED) is 0.548. The maximum absolute atomic E-state index is 12.5. The van der Waals surface area contributed by atoms with Crippen molar-refractivity contribution in [3.05, 3.63) is 78.4 Å². The van der Waals surface area contributed by atoms with Gasteiger partial charge in [-0.2, -0.15) is 0 Å². The number of carbonyl (C=O) groups is 1. The Balaban J connectivity index is 1.62. The predicted molar refractivity (Wildman–Crippen MR) is 109 cm³/mol. The lowest BCUT2D eigenvalue weighted by molar-refractivity contribution is 0.0951. The van der Waals surface area contributed by atoms with Crippen molar-refractivity contribution in [2.75, 3.05) is 14.2 Å². The number of nitrogens with zero attached hydrogens (tertiary/aromatic N) is 3. The molecular formula is C22H20N4O3. The van der Waals surface area contributed by atoms with Gasteiger partial charge in [0.25, 0.3) is 5.91 Å². The number of carbonyl (C=O) groups excluding carboxylic acids is 1. The Kier molecular flexibility index (Phi) is 5.11. The Morgan fingerprint density at radius 3 is 2.76 bits per heavy atom. The number of amides is 1. The summed E-state index contributed by atoms with van der Waals surface area (Å²) >= 11 is 0. The SMILES string of the molecule is COc1ccc(OC)c(-c2cnc3cc(C(=O)NCc4cccnc4)ccn23)c1. The number of hydrogen-bond acceptors (Lipinski definition) is 5. The fourth-order valence-corrected chi connectivity index (χ4v) is 3.12. The number of ether oxygens (including phenoxy) is 2. The average Bonchev–Trinajstić information content (AvgIpc) is 3.20. The zero-order chi connectivity index (χ0) is 20.2. The second-order valence-electron chi connectivity index (χ2n) is 6.40. The Morgan fingerprint density at radius 2 is 2.00 bits per heavy atom. The van der Waals surface area contributed by atoms with Crippen LogP contribution in [0.4, 0.5) is 0 Å². The zero-order valence-electron chi connectivity index (χ0n) is 16.1. The molecule has 0 saturated carbocycles. The van der Waals surface area contributed by atoms with E-state index in [2.05, 4.69) is 15.3 Å². The fourth-order valence-electron chi connectivity index (χ4n) is 3.12. The molecule has 3 heterocycles. The van der Waals surface area contributed by atoms with Crippen LogP contribution in [0.1, 0.15) is 15.9 Å². The van der Waals surface area contributed by atoms with E-state index in [1.165, 1.54) is 0 Å². The number of nitrogens with one attached hydrogen (secondary N) is 1. The first-order valence-corrected chi connectivity index (χ1v) is 9.06. The van der Waals surface area contributed by atoms with Gasteiger partial charge < -0.3 is 14.8 Å². The van der Waals surface area contributed by atoms with Crippen LogP contribution < -0.4 is 14.8 Å². The van der Waals surface area contributed by atoms with Gasteiger partial charge in [0.2, 0.25) is 0 Å². The van der Waals surface area contributed by atoms with Gasteiger partial charge in [-0.3, -0.25) is 14.2 Å². The minimum atomic E-state index is -0.167.